The Labute approximate surface area is 115 Å². The highest BCUT2D eigenvalue weighted by Crippen LogP contribution is 2.12. The van der Waals surface area contributed by atoms with E-state index in [-0.39, 0.29) is 6.47 Å². The molecular formula is C15H12N2O3. The molecule has 100 valence electrons. The van der Waals surface area contributed by atoms with Gasteiger partial charge in [0.15, 0.2) is 0 Å². The third kappa shape index (κ3) is 4.06. The van der Waals surface area contributed by atoms with E-state index in [1.807, 2.05) is 36.4 Å². The second kappa shape index (κ2) is 6.84. The number of nitrogens with zero attached hydrogens (tertiary/aromatic N) is 1. The van der Waals surface area contributed by atoms with Gasteiger partial charge in [0, 0.05) is 18.1 Å². The van der Waals surface area contributed by atoms with Gasteiger partial charge in [0.2, 0.25) is 0 Å². The molecule has 1 N–H and O–H groups in total. The summed E-state index contributed by atoms with van der Waals surface area (Å²) in [7, 11) is 0. The molecule has 2 aromatic rings. The number of benzene rings is 1. The summed E-state index contributed by atoms with van der Waals surface area (Å²) >= 11 is 0. The van der Waals surface area contributed by atoms with Gasteiger partial charge in [0.05, 0.1) is 0 Å². The van der Waals surface area contributed by atoms with E-state index >= 15 is 0 Å². The fraction of sp³-hybridized carbons (Fsp3) is 0. The number of carbonyl (C=O) groups excluding carboxylic acids is 2. The molecule has 0 aliphatic carbocycles. The molecule has 0 atom stereocenters. The van der Waals surface area contributed by atoms with Crippen molar-refractivity contribution in [3.63, 3.8) is 0 Å². The zero-order valence-corrected chi connectivity index (χ0v) is 10.5. The lowest BCUT2D eigenvalue weighted by atomic mass is 10.1. The monoisotopic (exact) mass is 268 g/mol. The maximum atomic E-state index is 11.0. The van der Waals surface area contributed by atoms with E-state index in [9.17, 15) is 9.59 Å². The van der Waals surface area contributed by atoms with Crippen LogP contribution in [-0.2, 0) is 9.53 Å². The van der Waals surface area contributed by atoms with Crippen LogP contribution in [-0.4, -0.2) is 17.5 Å². The topological polar surface area (TPSA) is 68.3 Å². The average Bonchev–Trinajstić information content (AvgIpc) is 2.48. The van der Waals surface area contributed by atoms with E-state index in [1.165, 1.54) is 0 Å². The number of hydrogen-bond acceptors (Lipinski definition) is 4. The highest BCUT2D eigenvalue weighted by Gasteiger charge is 2.01. The molecule has 0 unspecified atom stereocenters. The summed E-state index contributed by atoms with van der Waals surface area (Å²) in [6, 6.07) is 10.9. The second-order valence-corrected chi connectivity index (χ2v) is 3.86. The Kier molecular flexibility index (Phi) is 4.61. The molecule has 5 nitrogen and oxygen atoms in total. The Balaban J connectivity index is 2.00. The Morgan fingerprint density at radius 1 is 1.00 bits per heavy atom. The first-order valence-corrected chi connectivity index (χ1v) is 5.87. The summed E-state index contributed by atoms with van der Waals surface area (Å²) in [6.07, 6.45) is 6.56. The molecule has 0 bridgehead atoms. The highest BCUT2D eigenvalue weighted by molar-refractivity contribution is 5.88. The van der Waals surface area contributed by atoms with Crippen molar-refractivity contribution < 1.29 is 14.3 Å². The molecule has 1 aromatic carbocycles. The van der Waals surface area contributed by atoms with Gasteiger partial charge >= 0.3 is 12.6 Å². The van der Waals surface area contributed by atoms with Crippen molar-refractivity contribution in [1.29, 1.82) is 0 Å². The Morgan fingerprint density at radius 2 is 1.60 bits per heavy atom. The third-order valence-corrected chi connectivity index (χ3v) is 2.49. The standard InChI is InChI=1S/C15H12N2O3/c18-11-20-15(19)17-14-5-3-12(4-6-14)1-2-13-7-9-16-10-8-13/h1-11H,(H,17,19)/b2-1+. The molecule has 1 heterocycles. The van der Waals surface area contributed by atoms with Crippen LogP contribution in [0, 0.1) is 0 Å². The average molecular weight is 268 g/mol. The van der Waals surface area contributed by atoms with Crippen molar-refractivity contribution in [2.24, 2.45) is 0 Å². The van der Waals surface area contributed by atoms with Crippen molar-refractivity contribution in [3.8, 4) is 0 Å². The number of rotatable bonds is 4. The van der Waals surface area contributed by atoms with Crippen molar-refractivity contribution >= 4 is 30.4 Å². The zero-order chi connectivity index (χ0) is 14.2. The van der Waals surface area contributed by atoms with Crippen LogP contribution in [0.1, 0.15) is 11.1 Å². The molecule has 0 saturated heterocycles. The molecular weight excluding hydrogens is 256 g/mol. The molecule has 0 fully saturated rings. The molecule has 1 aromatic heterocycles. The number of aromatic nitrogens is 1. The van der Waals surface area contributed by atoms with Gasteiger partial charge in [-0.15, -0.1) is 0 Å². The van der Waals surface area contributed by atoms with Crippen LogP contribution in [0.3, 0.4) is 0 Å². The van der Waals surface area contributed by atoms with Crippen LogP contribution in [0.4, 0.5) is 10.5 Å². The fourth-order valence-electron chi connectivity index (χ4n) is 1.54. The molecule has 20 heavy (non-hydrogen) atoms. The zero-order valence-electron chi connectivity index (χ0n) is 10.5. The van der Waals surface area contributed by atoms with Gasteiger partial charge in [-0.1, -0.05) is 24.3 Å². The predicted molar refractivity (Wildman–Crippen MR) is 75.8 cm³/mol. The number of hydrogen-bond donors (Lipinski definition) is 1. The van der Waals surface area contributed by atoms with Crippen LogP contribution in [0.25, 0.3) is 12.2 Å². The van der Waals surface area contributed by atoms with Gasteiger partial charge in [0.1, 0.15) is 0 Å². The number of ether oxygens (including phenoxy) is 1. The lowest BCUT2D eigenvalue weighted by Crippen LogP contribution is -2.12. The molecule has 0 aliphatic rings. The largest absolute Gasteiger partial charge is 0.419 e. The summed E-state index contributed by atoms with van der Waals surface area (Å²) in [5.41, 5.74) is 2.59. The highest BCUT2D eigenvalue weighted by atomic mass is 16.6. The van der Waals surface area contributed by atoms with Crippen LogP contribution in [0.15, 0.2) is 48.8 Å². The predicted octanol–water partition coefficient (Wildman–Crippen LogP) is 2.96. The molecule has 0 saturated carbocycles. The first kappa shape index (κ1) is 13.5. The summed E-state index contributed by atoms with van der Waals surface area (Å²) in [5, 5.41) is 2.42. The maximum Gasteiger partial charge on any atom is 0.419 e. The third-order valence-electron chi connectivity index (χ3n) is 2.49. The van der Waals surface area contributed by atoms with Gasteiger partial charge < -0.3 is 4.74 Å². The lowest BCUT2D eigenvalue weighted by Gasteiger charge is -2.02. The van der Waals surface area contributed by atoms with Crippen LogP contribution in [0.2, 0.25) is 0 Å². The number of nitrogens with one attached hydrogen (secondary N) is 1. The van der Waals surface area contributed by atoms with Crippen molar-refractivity contribution in [2.45, 2.75) is 0 Å². The summed E-state index contributed by atoms with van der Waals surface area (Å²) in [5.74, 6) is 0. The minimum absolute atomic E-state index is 0.0845. The fourth-order valence-corrected chi connectivity index (χ4v) is 1.54. The molecule has 0 aliphatic heterocycles. The van der Waals surface area contributed by atoms with E-state index in [4.69, 9.17) is 0 Å². The molecule has 5 heteroatoms. The maximum absolute atomic E-state index is 11.0. The minimum atomic E-state index is -0.805. The van der Waals surface area contributed by atoms with Crippen LogP contribution < -0.4 is 5.32 Å². The van der Waals surface area contributed by atoms with Crippen LogP contribution in [0.5, 0.6) is 0 Å². The summed E-state index contributed by atoms with van der Waals surface area (Å²) in [4.78, 5) is 25.0. The van der Waals surface area contributed by atoms with Gasteiger partial charge in [-0.25, -0.2) is 4.79 Å². The van der Waals surface area contributed by atoms with E-state index < -0.39 is 6.09 Å². The van der Waals surface area contributed by atoms with E-state index in [0.717, 1.165) is 11.1 Å². The van der Waals surface area contributed by atoms with Crippen LogP contribution >= 0.6 is 0 Å². The van der Waals surface area contributed by atoms with Gasteiger partial charge in [-0.05, 0) is 35.4 Å². The normalized spacial score (nSPS) is 10.2. The summed E-state index contributed by atoms with van der Waals surface area (Å²) in [6.45, 7) is 0.0845. The molecule has 0 spiro atoms. The lowest BCUT2D eigenvalue weighted by molar-refractivity contribution is -0.122. The minimum Gasteiger partial charge on any atom is -0.378 e. The molecule has 0 radical (unpaired) electrons. The number of carbonyl (C=O) groups is 2. The Hall–Kier alpha value is -2.95. The van der Waals surface area contributed by atoms with E-state index in [1.54, 1.807) is 24.5 Å². The van der Waals surface area contributed by atoms with Crippen molar-refractivity contribution in [1.82, 2.24) is 4.98 Å². The summed E-state index contributed by atoms with van der Waals surface area (Å²) < 4.78 is 4.13. The van der Waals surface area contributed by atoms with E-state index in [2.05, 4.69) is 15.0 Å². The molecule has 1 amide bonds. The SMILES string of the molecule is O=COC(=O)Nc1ccc(/C=C/c2ccncc2)cc1. The first-order valence-electron chi connectivity index (χ1n) is 5.87. The Morgan fingerprint density at radius 3 is 2.20 bits per heavy atom. The first-order chi connectivity index (χ1) is 9.78. The van der Waals surface area contributed by atoms with E-state index in [0.29, 0.717) is 5.69 Å². The number of amides is 1. The van der Waals surface area contributed by atoms with Gasteiger partial charge in [-0.3, -0.25) is 15.1 Å². The van der Waals surface area contributed by atoms with Gasteiger partial charge in [0.25, 0.3) is 0 Å². The smallest absolute Gasteiger partial charge is 0.378 e. The van der Waals surface area contributed by atoms with Crippen molar-refractivity contribution in [3.05, 3.63) is 59.9 Å². The number of anilines is 1. The molecule has 2 rings (SSSR count). The quantitative estimate of drug-likeness (QED) is 0.683. The van der Waals surface area contributed by atoms with Gasteiger partial charge in [-0.2, -0.15) is 0 Å². The second-order valence-electron chi connectivity index (χ2n) is 3.86. The number of pyridine rings is 1. The van der Waals surface area contributed by atoms with Crippen molar-refractivity contribution in [2.75, 3.05) is 5.32 Å². The Bertz CT molecular complexity index is 607.